The Bertz CT molecular complexity index is 4040. The van der Waals surface area contributed by atoms with Gasteiger partial charge in [-0.1, -0.05) is 206 Å². The van der Waals surface area contributed by atoms with Crippen molar-refractivity contribution >= 4 is 60.9 Å². The van der Waals surface area contributed by atoms with Gasteiger partial charge in [-0.3, -0.25) is 0 Å². The van der Waals surface area contributed by atoms with Crippen molar-refractivity contribution in [2.45, 2.75) is 5.41 Å². The maximum atomic E-state index is 7.22. The molecule has 1 aliphatic carbocycles. The molecule has 0 spiro atoms. The van der Waals surface area contributed by atoms with E-state index in [1.807, 2.05) is 12.1 Å². The van der Waals surface area contributed by atoms with Crippen LogP contribution in [0, 0.1) is 0 Å². The number of furan rings is 2. The van der Waals surface area contributed by atoms with Crippen LogP contribution in [-0.4, -0.2) is 0 Å². The molecular formula is C67H43NO2. The van der Waals surface area contributed by atoms with Crippen LogP contribution in [0.2, 0.25) is 0 Å². The summed E-state index contributed by atoms with van der Waals surface area (Å²) in [4.78, 5) is 2.38. The summed E-state index contributed by atoms with van der Waals surface area (Å²) in [5, 5.41) is 4.15. The van der Waals surface area contributed by atoms with Crippen LogP contribution in [-0.2, 0) is 5.41 Å². The van der Waals surface area contributed by atoms with Crippen molar-refractivity contribution in [3.63, 3.8) is 0 Å². The summed E-state index contributed by atoms with van der Waals surface area (Å²) < 4.78 is 13.9. The highest BCUT2D eigenvalue weighted by atomic mass is 16.3. The van der Waals surface area contributed by atoms with Crippen molar-refractivity contribution in [1.29, 1.82) is 0 Å². The third kappa shape index (κ3) is 6.15. The molecule has 0 atom stereocenters. The van der Waals surface area contributed by atoms with E-state index >= 15 is 0 Å². The van der Waals surface area contributed by atoms with E-state index in [1.54, 1.807) is 0 Å². The van der Waals surface area contributed by atoms with E-state index < -0.39 is 5.41 Å². The van der Waals surface area contributed by atoms with Crippen molar-refractivity contribution < 1.29 is 8.83 Å². The van der Waals surface area contributed by atoms with Crippen LogP contribution in [0.25, 0.3) is 88.4 Å². The van der Waals surface area contributed by atoms with Crippen molar-refractivity contribution in [2.75, 3.05) is 4.90 Å². The van der Waals surface area contributed by atoms with Crippen LogP contribution in [0.15, 0.2) is 270 Å². The molecule has 13 aromatic rings. The summed E-state index contributed by atoms with van der Waals surface area (Å²) in [6.07, 6.45) is 0. The van der Waals surface area contributed by atoms with Gasteiger partial charge in [-0.15, -0.1) is 0 Å². The lowest BCUT2D eigenvalue weighted by Crippen LogP contribution is -2.28. The maximum Gasteiger partial charge on any atom is 0.144 e. The first-order chi connectivity index (χ1) is 34.7. The Morgan fingerprint density at radius 1 is 0.300 bits per heavy atom. The minimum Gasteiger partial charge on any atom is -0.456 e. The molecular weight excluding hydrogens is 851 g/mol. The number of benzene rings is 11. The van der Waals surface area contributed by atoms with Crippen LogP contribution in [0.1, 0.15) is 22.3 Å². The monoisotopic (exact) mass is 893 g/mol. The molecule has 0 unspecified atom stereocenters. The molecule has 2 aromatic heterocycles. The number of rotatable bonds is 8. The molecule has 0 N–H and O–H groups in total. The average Bonchev–Trinajstić information content (AvgIpc) is 4.10. The normalized spacial score (nSPS) is 12.7. The van der Waals surface area contributed by atoms with E-state index in [9.17, 15) is 0 Å². The predicted octanol–water partition coefficient (Wildman–Crippen LogP) is 18.3. The second kappa shape index (κ2) is 16.0. The van der Waals surface area contributed by atoms with Crippen molar-refractivity contribution in [3.8, 4) is 44.5 Å². The minimum atomic E-state index is -0.549. The lowest BCUT2D eigenvalue weighted by Gasteiger charge is -2.35. The smallest absolute Gasteiger partial charge is 0.144 e. The van der Waals surface area contributed by atoms with Gasteiger partial charge in [-0.25, -0.2) is 0 Å². The fourth-order valence-corrected chi connectivity index (χ4v) is 11.4. The van der Waals surface area contributed by atoms with Gasteiger partial charge in [0.15, 0.2) is 0 Å². The van der Waals surface area contributed by atoms with Crippen LogP contribution in [0.4, 0.5) is 17.1 Å². The molecule has 0 saturated carbocycles. The van der Waals surface area contributed by atoms with Gasteiger partial charge in [-0.05, 0) is 110 Å². The van der Waals surface area contributed by atoms with Gasteiger partial charge in [0.2, 0.25) is 0 Å². The van der Waals surface area contributed by atoms with E-state index in [0.29, 0.717) is 0 Å². The quantitative estimate of drug-likeness (QED) is 0.152. The zero-order valence-corrected chi connectivity index (χ0v) is 38.1. The molecule has 70 heavy (non-hydrogen) atoms. The summed E-state index contributed by atoms with van der Waals surface area (Å²) in [5.41, 5.74) is 20.1. The standard InChI is InChI=1S/C67H43NO2/c1-5-17-44(18-6-1)46-29-31-48(32-30-46)64-65-57-26-14-16-28-61(57)69-63(65)43-58-56-40-38-53(42-62(56)70-66(58)64)68(51-35-33-47(34-36-51)45-19-7-2-8-20-45)52-37-39-55-54-25-13-15-27-59(54)67(60(55)41-52,49-21-9-3-10-22-49)50-23-11-4-12-24-50/h1-43H. The van der Waals surface area contributed by atoms with Crippen molar-refractivity contribution in [1.82, 2.24) is 0 Å². The Morgan fingerprint density at radius 2 is 0.814 bits per heavy atom. The highest BCUT2D eigenvalue weighted by Crippen LogP contribution is 2.57. The average molecular weight is 894 g/mol. The number of para-hydroxylation sites is 1. The first-order valence-corrected chi connectivity index (χ1v) is 24.0. The van der Waals surface area contributed by atoms with Gasteiger partial charge in [-0.2, -0.15) is 0 Å². The van der Waals surface area contributed by atoms with Gasteiger partial charge < -0.3 is 13.7 Å². The summed E-state index contributed by atoms with van der Waals surface area (Å²) in [5.74, 6) is 0. The van der Waals surface area contributed by atoms with E-state index in [1.165, 1.54) is 44.5 Å². The summed E-state index contributed by atoms with van der Waals surface area (Å²) in [7, 11) is 0. The maximum absolute atomic E-state index is 7.22. The number of fused-ring (bicyclic) bond motifs is 9. The first-order valence-electron chi connectivity index (χ1n) is 24.0. The fraction of sp³-hybridized carbons (Fsp3) is 0.0149. The van der Waals surface area contributed by atoms with Gasteiger partial charge in [0.25, 0.3) is 0 Å². The van der Waals surface area contributed by atoms with Crippen LogP contribution in [0.3, 0.4) is 0 Å². The molecule has 2 heterocycles. The second-order valence-electron chi connectivity index (χ2n) is 18.3. The van der Waals surface area contributed by atoms with Gasteiger partial charge >= 0.3 is 0 Å². The molecule has 0 radical (unpaired) electrons. The molecule has 0 amide bonds. The molecule has 3 nitrogen and oxygen atoms in total. The summed E-state index contributed by atoms with van der Waals surface area (Å²) in [6.45, 7) is 0. The predicted molar refractivity (Wildman–Crippen MR) is 289 cm³/mol. The minimum absolute atomic E-state index is 0.549. The number of anilines is 3. The van der Waals surface area contributed by atoms with Gasteiger partial charge in [0.05, 0.1) is 5.41 Å². The van der Waals surface area contributed by atoms with Crippen LogP contribution < -0.4 is 4.90 Å². The topological polar surface area (TPSA) is 29.5 Å². The largest absolute Gasteiger partial charge is 0.456 e. The van der Waals surface area contributed by atoms with E-state index in [0.717, 1.165) is 83.2 Å². The zero-order chi connectivity index (χ0) is 46.2. The fourth-order valence-electron chi connectivity index (χ4n) is 11.4. The SMILES string of the molecule is c1ccc(-c2ccc(-c3c4oc5cc(N(c6ccc(-c7ccccc7)cc6)c6ccc7c(c6)C(c6ccccc6)(c6ccccc6)c6ccccc6-7)ccc5c4cc4oc5ccccc5c34)cc2)cc1. The van der Waals surface area contributed by atoms with Crippen molar-refractivity contribution in [2.24, 2.45) is 0 Å². The molecule has 0 aliphatic heterocycles. The molecule has 328 valence electrons. The third-order valence-corrected chi connectivity index (χ3v) is 14.6. The summed E-state index contributed by atoms with van der Waals surface area (Å²) in [6, 6.07) is 94.1. The first kappa shape index (κ1) is 39.9. The lowest BCUT2D eigenvalue weighted by molar-refractivity contribution is 0.664. The lowest BCUT2D eigenvalue weighted by atomic mass is 9.67. The van der Waals surface area contributed by atoms with E-state index in [4.69, 9.17) is 8.83 Å². The van der Waals surface area contributed by atoms with E-state index in [-0.39, 0.29) is 0 Å². The number of hydrogen-bond donors (Lipinski definition) is 0. The third-order valence-electron chi connectivity index (χ3n) is 14.6. The highest BCUT2D eigenvalue weighted by molar-refractivity contribution is 6.23. The van der Waals surface area contributed by atoms with Gasteiger partial charge in [0, 0.05) is 50.2 Å². The molecule has 0 saturated heterocycles. The molecule has 14 rings (SSSR count). The van der Waals surface area contributed by atoms with Crippen molar-refractivity contribution in [3.05, 3.63) is 283 Å². The Kier molecular flexibility index (Phi) is 9.11. The molecule has 3 heteroatoms. The Hall–Kier alpha value is -9.18. The highest BCUT2D eigenvalue weighted by Gasteiger charge is 2.46. The molecule has 0 fully saturated rings. The Morgan fingerprint density at radius 3 is 1.50 bits per heavy atom. The number of hydrogen-bond acceptors (Lipinski definition) is 3. The van der Waals surface area contributed by atoms with Gasteiger partial charge in [0.1, 0.15) is 22.3 Å². The second-order valence-corrected chi connectivity index (χ2v) is 18.3. The summed E-state index contributed by atoms with van der Waals surface area (Å²) >= 11 is 0. The molecule has 11 aromatic carbocycles. The van der Waals surface area contributed by atoms with Crippen LogP contribution >= 0.6 is 0 Å². The number of nitrogens with zero attached hydrogens (tertiary/aromatic N) is 1. The zero-order valence-electron chi connectivity index (χ0n) is 38.1. The van der Waals surface area contributed by atoms with E-state index in [2.05, 4.69) is 254 Å². The van der Waals surface area contributed by atoms with Crippen LogP contribution in [0.5, 0.6) is 0 Å². The molecule has 1 aliphatic rings. The Labute approximate surface area is 405 Å². The molecule has 0 bridgehead atoms. The Balaban J connectivity index is 0.988.